The van der Waals surface area contributed by atoms with Gasteiger partial charge in [-0.25, -0.2) is 9.78 Å². The number of nitrogens with zero attached hydrogens (tertiary/aromatic N) is 2. The fourth-order valence-electron chi connectivity index (χ4n) is 2.08. The lowest BCUT2D eigenvalue weighted by Gasteiger charge is -2.30. The molecule has 0 N–H and O–H groups in total. The molecule has 0 bridgehead atoms. The van der Waals surface area contributed by atoms with Crippen LogP contribution >= 0.6 is 0 Å². The number of carbonyl (C=O) groups excluding carboxylic acids is 1. The normalized spacial score (nSPS) is 15.2. The molecule has 0 atom stereocenters. The van der Waals surface area contributed by atoms with E-state index in [1.165, 1.54) is 0 Å². The summed E-state index contributed by atoms with van der Waals surface area (Å²) in [6.45, 7) is 8.31. The minimum atomic E-state index is -0.473. The Labute approximate surface area is 108 Å². The number of aryl methyl sites for hydroxylation is 2. The van der Waals surface area contributed by atoms with Crippen LogP contribution in [0.3, 0.4) is 0 Å². The molecule has 0 saturated carbocycles. The minimum Gasteiger partial charge on any atom is -0.443 e. The van der Waals surface area contributed by atoms with Gasteiger partial charge < -0.3 is 4.74 Å². The fourth-order valence-corrected chi connectivity index (χ4v) is 2.08. The van der Waals surface area contributed by atoms with Crippen molar-refractivity contribution < 1.29 is 9.53 Å². The predicted octanol–water partition coefficient (Wildman–Crippen LogP) is 3.08. The molecule has 4 nitrogen and oxygen atoms in total. The lowest BCUT2D eigenvalue weighted by atomic mass is 10.0. The maximum Gasteiger partial charge on any atom is 0.416 e. The fraction of sp³-hybridized carbons (Fsp3) is 0.571. The van der Waals surface area contributed by atoms with E-state index < -0.39 is 5.60 Å². The second-order valence-electron chi connectivity index (χ2n) is 5.73. The molecule has 0 spiro atoms. The maximum absolute atomic E-state index is 12.1. The largest absolute Gasteiger partial charge is 0.443 e. The zero-order valence-corrected chi connectivity index (χ0v) is 11.5. The monoisotopic (exact) mass is 248 g/mol. The van der Waals surface area contributed by atoms with E-state index in [4.69, 9.17) is 4.74 Å². The van der Waals surface area contributed by atoms with Gasteiger partial charge in [-0.3, -0.25) is 4.90 Å². The quantitative estimate of drug-likeness (QED) is 0.708. The summed E-state index contributed by atoms with van der Waals surface area (Å²) in [5.74, 6) is 0.751. The van der Waals surface area contributed by atoms with Crippen molar-refractivity contribution in [2.75, 3.05) is 11.4 Å². The first-order valence-corrected chi connectivity index (χ1v) is 6.33. The van der Waals surface area contributed by atoms with Crippen LogP contribution in [0.15, 0.2) is 12.3 Å². The molecule has 1 aliphatic heterocycles. The van der Waals surface area contributed by atoms with Crippen LogP contribution in [-0.4, -0.2) is 23.2 Å². The molecule has 4 heteroatoms. The topological polar surface area (TPSA) is 42.4 Å². The molecule has 0 unspecified atom stereocenters. The van der Waals surface area contributed by atoms with Gasteiger partial charge in [-0.1, -0.05) is 6.07 Å². The van der Waals surface area contributed by atoms with E-state index in [-0.39, 0.29) is 6.09 Å². The summed E-state index contributed by atoms with van der Waals surface area (Å²) in [5, 5.41) is 0. The predicted molar refractivity (Wildman–Crippen MR) is 70.9 cm³/mol. The van der Waals surface area contributed by atoms with Gasteiger partial charge >= 0.3 is 6.09 Å². The van der Waals surface area contributed by atoms with Gasteiger partial charge in [0.25, 0.3) is 0 Å². The number of carbonyl (C=O) groups is 1. The van der Waals surface area contributed by atoms with Crippen LogP contribution in [0.1, 0.15) is 38.3 Å². The number of anilines is 1. The van der Waals surface area contributed by atoms with Crippen molar-refractivity contribution in [3.63, 3.8) is 0 Å². The van der Waals surface area contributed by atoms with Crippen molar-refractivity contribution in [2.24, 2.45) is 0 Å². The number of rotatable bonds is 0. The summed E-state index contributed by atoms with van der Waals surface area (Å²) in [6, 6.07) is 2.10. The van der Waals surface area contributed by atoms with E-state index >= 15 is 0 Å². The van der Waals surface area contributed by atoms with E-state index in [2.05, 4.69) is 11.1 Å². The zero-order valence-electron chi connectivity index (χ0n) is 11.5. The molecule has 1 aliphatic rings. The van der Waals surface area contributed by atoms with Crippen molar-refractivity contribution in [3.8, 4) is 0 Å². The maximum atomic E-state index is 12.1. The Bertz CT molecular complexity index is 463. The average molecular weight is 248 g/mol. The van der Waals surface area contributed by atoms with Gasteiger partial charge in [0.05, 0.1) is 0 Å². The molecule has 98 valence electrons. The Hall–Kier alpha value is -1.58. The Kier molecular flexibility index (Phi) is 3.28. The van der Waals surface area contributed by atoms with Crippen LogP contribution in [0.2, 0.25) is 0 Å². The van der Waals surface area contributed by atoms with Crippen LogP contribution in [0.5, 0.6) is 0 Å². The first-order chi connectivity index (χ1) is 8.37. The molecule has 1 aromatic heterocycles. The zero-order chi connectivity index (χ0) is 13.3. The van der Waals surface area contributed by atoms with Crippen LogP contribution in [0, 0.1) is 6.92 Å². The molecular formula is C14H20N2O2. The highest BCUT2D eigenvalue weighted by atomic mass is 16.6. The molecule has 2 heterocycles. The Morgan fingerprint density at radius 2 is 2.17 bits per heavy atom. The summed E-state index contributed by atoms with van der Waals surface area (Å²) >= 11 is 0. The van der Waals surface area contributed by atoms with Gasteiger partial charge in [0.2, 0.25) is 0 Å². The molecule has 0 fully saturated rings. The van der Waals surface area contributed by atoms with Gasteiger partial charge in [-0.2, -0.15) is 0 Å². The Morgan fingerprint density at radius 1 is 1.44 bits per heavy atom. The van der Waals surface area contributed by atoms with E-state index in [9.17, 15) is 4.79 Å². The standard InChI is InChI=1S/C14H20N2O2/c1-10-8-11-6-5-7-16(12(11)15-9-10)13(17)18-14(2,3)4/h8-9H,5-7H2,1-4H3. The smallest absolute Gasteiger partial charge is 0.416 e. The van der Waals surface area contributed by atoms with E-state index in [1.807, 2.05) is 27.7 Å². The Morgan fingerprint density at radius 3 is 2.83 bits per heavy atom. The number of hydrogen-bond acceptors (Lipinski definition) is 3. The van der Waals surface area contributed by atoms with Gasteiger partial charge in [0.15, 0.2) is 0 Å². The highest BCUT2D eigenvalue weighted by Crippen LogP contribution is 2.26. The molecule has 0 aliphatic carbocycles. The molecule has 0 saturated heterocycles. The molecule has 1 aromatic rings. The molecule has 0 aromatic carbocycles. The number of hydrogen-bond donors (Lipinski definition) is 0. The van der Waals surface area contributed by atoms with E-state index in [0.717, 1.165) is 29.8 Å². The SMILES string of the molecule is Cc1cnc2c(c1)CCCN2C(=O)OC(C)(C)C. The highest BCUT2D eigenvalue weighted by molar-refractivity contribution is 5.88. The van der Waals surface area contributed by atoms with Crippen LogP contribution in [0.25, 0.3) is 0 Å². The third-order valence-electron chi connectivity index (χ3n) is 2.78. The number of pyridine rings is 1. The molecular weight excluding hydrogens is 228 g/mol. The Balaban J connectivity index is 2.25. The van der Waals surface area contributed by atoms with Crippen molar-refractivity contribution >= 4 is 11.9 Å². The second kappa shape index (κ2) is 4.59. The van der Waals surface area contributed by atoms with Crippen molar-refractivity contribution in [3.05, 3.63) is 23.4 Å². The van der Waals surface area contributed by atoms with Gasteiger partial charge in [-0.05, 0) is 51.7 Å². The molecule has 1 amide bonds. The van der Waals surface area contributed by atoms with E-state index in [1.54, 1.807) is 11.1 Å². The third-order valence-corrected chi connectivity index (χ3v) is 2.78. The van der Waals surface area contributed by atoms with Crippen molar-refractivity contribution in [2.45, 2.75) is 46.1 Å². The summed E-state index contributed by atoms with van der Waals surface area (Å²) in [4.78, 5) is 18.1. The van der Waals surface area contributed by atoms with Crippen molar-refractivity contribution in [1.29, 1.82) is 0 Å². The lowest BCUT2D eigenvalue weighted by Crippen LogP contribution is -2.40. The average Bonchev–Trinajstić information content (AvgIpc) is 2.25. The first kappa shape index (κ1) is 12.9. The lowest BCUT2D eigenvalue weighted by molar-refractivity contribution is 0.0576. The summed E-state index contributed by atoms with van der Waals surface area (Å²) in [7, 11) is 0. The summed E-state index contributed by atoms with van der Waals surface area (Å²) in [6.07, 6.45) is 3.42. The first-order valence-electron chi connectivity index (χ1n) is 6.33. The minimum absolute atomic E-state index is 0.306. The van der Waals surface area contributed by atoms with Crippen LogP contribution < -0.4 is 4.90 Å². The molecule has 18 heavy (non-hydrogen) atoms. The molecule has 2 rings (SSSR count). The second-order valence-corrected chi connectivity index (χ2v) is 5.73. The third kappa shape index (κ3) is 2.81. The number of amides is 1. The van der Waals surface area contributed by atoms with E-state index in [0.29, 0.717) is 6.54 Å². The molecule has 0 radical (unpaired) electrons. The van der Waals surface area contributed by atoms with Gasteiger partial charge in [0, 0.05) is 12.7 Å². The highest BCUT2D eigenvalue weighted by Gasteiger charge is 2.28. The van der Waals surface area contributed by atoms with Gasteiger partial charge in [-0.15, -0.1) is 0 Å². The van der Waals surface area contributed by atoms with Crippen LogP contribution in [-0.2, 0) is 11.2 Å². The van der Waals surface area contributed by atoms with Crippen LogP contribution in [0.4, 0.5) is 10.6 Å². The van der Waals surface area contributed by atoms with Crippen molar-refractivity contribution in [1.82, 2.24) is 4.98 Å². The summed E-state index contributed by atoms with van der Waals surface area (Å²) in [5.41, 5.74) is 1.78. The number of aromatic nitrogens is 1. The number of ether oxygens (including phenoxy) is 1. The van der Waals surface area contributed by atoms with Gasteiger partial charge in [0.1, 0.15) is 11.4 Å². The number of fused-ring (bicyclic) bond motifs is 1. The summed E-state index contributed by atoms with van der Waals surface area (Å²) < 4.78 is 5.41.